The summed E-state index contributed by atoms with van der Waals surface area (Å²) in [7, 11) is 0. The summed E-state index contributed by atoms with van der Waals surface area (Å²) in [6.45, 7) is 2.04. The molecule has 2 heteroatoms. The molecule has 0 fully saturated rings. The van der Waals surface area contributed by atoms with Gasteiger partial charge in [0.25, 0.3) is 0 Å². The molecule has 0 amide bonds. The second kappa shape index (κ2) is 2.87. The molecule has 1 aromatic rings. The fourth-order valence-electron chi connectivity index (χ4n) is 1.97. The molecule has 0 radical (unpaired) electrons. The fraction of sp³-hybridized carbons (Fsp3) is 0.364. The molecule has 0 unspecified atom stereocenters. The second-order valence-electron chi connectivity index (χ2n) is 3.60. The first-order valence-corrected chi connectivity index (χ1v) is 4.61. The first-order chi connectivity index (χ1) is 6.20. The van der Waals surface area contributed by atoms with E-state index in [4.69, 9.17) is 5.73 Å². The third kappa shape index (κ3) is 1.22. The first-order valence-electron chi connectivity index (χ1n) is 4.61. The van der Waals surface area contributed by atoms with Gasteiger partial charge in [-0.15, -0.1) is 0 Å². The minimum atomic E-state index is 0.211. The summed E-state index contributed by atoms with van der Waals surface area (Å²) < 4.78 is 0. The van der Waals surface area contributed by atoms with Crippen LogP contribution in [0.3, 0.4) is 0 Å². The number of hydrogen-bond acceptors (Lipinski definition) is 2. The molecule has 0 bridgehead atoms. The molecule has 0 aromatic heterocycles. The van der Waals surface area contributed by atoms with Crippen LogP contribution in [0.15, 0.2) is 12.1 Å². The average molecular weight is 175 g/mol. The zero-order valence-electron chi connectivity index (χ0n) is 7.76. The Labute approximate surface area is 77.8 Å². The minimum absolute atomic E-state index is 0.211. The Balaban J connectivity index is 2.67. The summed E-state index contributed by atoms with van der Waals surface area (Å²) in [4.78, 5) is 11.6. The molecule has 1 aliphatic carbocycles. The summed E-state index contributed by atoms with van der Waals surface area (Å²) in [6.07, 6.45) is 2.62. The number of benzene rings is 1. The maximum absolute atomic E-state index is 11.6. The van der Waals surface area contributed by atoms with Gasteiger partial charge in [0.05, 0.1) is 0 Å². The highest BCUT2D eigenvalue weighted by Gasteiger charge is 2.20. The molecule has 2 nitrogen and oxygen atoms in total. The largest absolute Gasteiger partial charge is 0.398 e. The molecule has 2 N–H and O–H groups in total. The zero-order chi connectivity index (χ0) is 9.42. The van der Waals surface area contributed by atoms with E-state index in [-0.39, 0.29) is 5.78 Å². The van der Waals surface area contributed by atoms with E-state index >= 15 is 0 Å². The van der Waals surface area contributed by atoms with Crippen molar-refractivity contribution in [2.45, 2.75) is 26.2 Å². The molecule has 2 rings (SSSR count). The van der Waals surface area contributed by atoms with Gasteiger partial charge < -0.3 is 5.73 Å². The number of Topliss-reactive ketones (excluding diaryl/α,β-unsaturated/α-hetero) is 1. The number of fused-ring (bicyclic) bond motifs is 1. The predicted octanol–water partition coefficient (Wildman–Crippen LogP) is 2.10. The molecule has 0 heterocycles. The van der Waals surface area contributed by atoms with Crippen LogP contribution in [-0.4, -0.2) is 5.78 Å². The molecule has 1 aromatic carbocycles. The second-order valence-corrected chi connectivity index (χ2v) is 3.60. The molecular formula is C11H13NO. The summed E-state index contributed by atoms with van der Waals surface area (Å²) >= 11 is 0. The predicted molar refractivity (Wildman–Crippen MR) is 52.9 cm³/mol. The Morgan fingerprint density at radius 1 is 1.31 bits per heavy atom. The van der Waals surface area contributed by atoms with Crippen LogP contribution < -0.4 is 5.73 Å². The Morgan fingerprint density at radius 3 is 2.77 bits per heavy atom. The van der Waals surface area contributed by atoms with Crippen molar-refractivity contribution in [1.82, 2.24) is 0 Å². The standard InChI is InChI=1S/C11H13NO/c1-7-5-6-9(12)11-8(7)3-2-4-10(11)13/h5-6H,2-4,12H2,1H3. The van der Waals surface area contributed by atoms with Gasteiger partial charge in [-0.2, -0.15) is 0 Å². The van der Waals surface area contributed by atoms with Crippen LogP contribution in [0.5, 0.6) is 0 Å². The molecule has 1 aliphatic rings. The molecule has 68 valence electrons. The van der Waals surface area contributed by atoms with Crippen molar-refractivity contribution >= 4 is 11.5 Å². The molecule has 0 saturated carbocycles. The van der Waals surface area contributed by atoms with Crippen LogP contribution in [0.1, 0.15) is 34.3 Å². The van der Waals surface area contributed by atoms with E-state index in [1.807, 2.05) is 19.1 Å². The number of aryl methyl sites for hydroxylation is 1. The van der Waals surface area contributed by atoms with Crippen LogP contribution in [0.2, 0.25) is 0 Å². The number of hydrogen-bond donors (Lipinski definition) is 1. The van der Waals surface area contributed by atoms with Crippen molar-refractivity contribution < 1.29 is 4.79 Å². The smallest absolute Gasteiger partial charge is 0.165 e. The van der Waals surface area contributed by atoms with Crippen LogP contribution in [0, 0.1) is 6.92 Å². The number of nitrogens with two attached hydrogens (primary N) is 1. The number of anilines is 1. The number of ketones is 1. The fourth-order valence-corrected chi connectivity index (χ4v) is 1.97. The molecule has 0 aliphatic heterocycles. The number of nitrogen functional groups attached to an aromatic ring is 1. The van der Waals surface area contributed by atoms with Gasteiger partial charge in [-0.1, -0.05) is 6.07 Å². The summed E-state index contributed by atoms with van der Waals surface area (Å²) in [5, 5.41) is 0. The van der Waals surface area contributed by atoms with Crippen molar-refractivity contribution in [2.75, 3.05) is 5.73 Å². The van der Waals surface area contributed by atoms with Gasteiger partial charge >= 0.3 is 0 Å². The van der Waals surface area contributed by atoms with Crippen molar-refractivity contribution in [1.29, 1.82) is 0 Å². The molecule has 0 atom stereocenters. The van der Waals surface area contributed by atoms with E-state index in [1.54, 1.807) is 0 Å². The van der Waals surface area contributed by atoms with Crippen molar-refractivity contribution in [3.8, 4) is 0 Å². The maximum atomic E-state index is 11.6. The summed E-state index contributed by atoms with van der Waals surface area (Å²) in [5.41, 5.74) is 9.56. The van der Waals surface area contributed by atoms with E-state index in [9.17, 15) is 4.79 Å². The van der Waals surface area contributed by atoms with Gasteiger partial charge in [-0.3, -0.25) is 4.79 Å². The minimum Gasteiger partial charge on any atom is -0.398 e. The maximum Gasteiger partial charge on any atom is 0.165 e. The van der Waals surface area contributed by atoms with Gasteiger partial charge in [-0.05, 0) is 37.0 Å². The lowest BCUT2D eigenvalue weighted by atomic mass is 9.87. The lowest BCUT2D eigenvalue weighted by Crippen LogP contribution is -2.14. The van der Waals surface area contributed by atoms with Crippen LogP contribution >= 0.6 is 0 Å². The molecular weight excluding hydrogens is 162 g/mol. The normalized spacial score (nSPS) is 15.6. The van der Waals surface area contributed by atoms with Gasteiger partial charge in [-0.25, -0.2) is 0 Å². The first kappa shape index (κ1) is 8.30. The van der Waals surface area contributed by atoms with E-state index in [0.717, 1.165) is 24.0 Å². The van der Waals surface area contributed by atoms with Gasteiger partial charge in [0.15, 0.2) is 5.78 Å². The average Bonchev–Trinajstić information content (AvgIpc) is 2.12. The Bertz CT molecular complexity index is 369. The van der Waals surface area contributed by atoms with Crippen molar-refractivity contribution in [3.05, 3.63) is 28.8 Å². The number of carbonyl (C=O) groups excluding carboxylic acids is 1. The highest BCUT2D eigenvalue weighted by Crippen LogP contribution is 2.28. The Hall–Kier alpha value is -1.31. The van der Waals surface area contributed by atoms with Gasteiger partial charge in [0, 0.05) is 17.7 Å². The van der Waals surface area contributed by atoms with Crippen LogP contribution in [0.4, 0.5) is 5.69 Å². The van der Waals surface area contributed by atoms with Crippen molar-refractivity contribution in [2.24, 2.45) is 0 Å². The quantitative estimate of drug-likeness (QED) is 0.613. The van der Waals surface area contributed by atoms with Crippen LogP contribution in [0.25, 0.3) is 0 Å². The van der Waals surface area contributed by atoms with E-state index in [2.05, 4.69) is 0 Å². The zero-order valence-corrected chi connectivity index (χ0v) is 7.76. The lowest BCUT2D eigenvalue weighted by Gasteiger charge is -2.18. The lowest BCUT2D eigenvalue weighted by molar-refractivity contribution is 0.0973. The summed E-state index contributed by atoms with van der Waals surface area (Å²) in [6, 6.07) is 3.82. The monoisotopic (exact) mass is 175 g/mol. The van der Waals surface area contributed by atoms with Gasteiger partial charge in [0.1, 0.15) is 0 Å². The SMILES string of the molecule is Cc1ccc(N)c2c1CCCC2=O. The third-order valence-electron chi connectivity index (χ3n) is 2.69. The third-order valence-corrected chi connectivity index (χ3v) is 2.69. The molecule has 0 saturated heterocycles. The Morgan fingerprint density at radius 2 is 2.08 bits per heavy atom. The van der Waals surface area contributed by atoms with E-state index < -0.39 is 0 Å². The van der Waals surface area contributed by atoms with Crippen molar-refractivity contribution in [3.63, 3.8) is 0 Å². The van der Waals surface area contributed by atoms with E-state index in [0.29, 0.717) is 12.1 Å². The topological polar surface area (TPSA) is 43.1 Å². The van der Waals surface area contributed by atoms with E-state index in [1.165, 1.54) is 5.56 Å². The Kier molecular flexibility index (Phi) is 1.83. The van der Waals surface area contributed by atoms with Crippen LogP contribution in [-0.2, 0) is 6.42 Å². The number of carbonyl (C=O) groups is 1. The van der Waals surface area contributed by atoms with Gasteiger partial charge in [0.2, 0.25) is 0 Å². The highest BCUT2D eigenvalue weighted by atomic mass is 16.1. The summed E-state index contributed by atoms with van der Waals surface area (Å²) in [5.74, 6) is 0.211. The molecule has 13 heavy (non-hydrogen) atoms. The number of rotatable bonds is 0. The highest BCUT2D eigenvalue weighted by molar-refractivity contribution is 6.03. The molecule has 0 spiro atoms.